The van der Waals surface area contributed by atoms with Crippen LogP contribution in [0.15, 0.2) is 30.3 Å². The van der Waals surface area contributed by atoms with Crippen molar-refractivity contribution in [1.82, 2.24) is 15.5 Å². The van der Waals surface area contributed by atoms with Crippen molar-refractivity contribution in [3.63, 3.8) is 0 Å². The number of esters is 1. The van der Waals surface area contributed by atoms with Gasteiger partial charge in [0.05, 0.1) is 13.0 Å². The van der Waals surface area contributed by atoms with Gasteiger partial charge in [-0.2, -0.15) is 0 Å². The summed E-state index contributed by atoms with van der Waals surface area (Å²) >= 11 is 5.27. The van der Waals surface area contributed by atoms with E-state index in [9.17, 15) is 14.4 Å². The molecule has 1 aromatic rings. The van der Waals surface area contributed by atoms with Crippen molar-refractivity contribution in [2.75, 3.05) is 19.7 Å². The zero-order valence-electron chi connectivity index (χ0n) is 15.4. The van der Waals surface area contributed by atoms with Gasteiger partial charge in [0.2, 0.25) is 11.8 Å². The van der Waals surface area contributed by atoms with Crippen LogP contribution < -0.4 is 10.6 Å². The van der Waals surface area contributed by atoms with E-state index >= 15 is 0 Å². The minimum Gasteiger partial charge on any atom is -0.466 e. The molecule has 8 heteroatoms. The summed E-state index contributed by atoms with van der Waals surface area (Å²) in [5.41, 5.74) is 2.02. The summed E-state index contributed by atoms with van der Waals surface area (Å²) < 4.78 is 4.91. The maximum absolute atomic E-state index is 12.1. The second-order valence-corrected chi connectivity index (χ2v) is 6.43. The van der Waals surface area contributed by atoms with Crippen molar-refractivity contribution in [2.24, 2.45) is 0 Å². The molecule has 0 saturated carbocycles. The molecule has 1 fully saturated rings. The standard InChI is InChI=1S/C19H23N3O4S/c1-3-26-17(24)12-15-18(25)20-10-11-22(15)19(27)21-16(23)9-8-14-6-4-13(2)5-7-14/h4-9,15H,3,10-12H2,1-2H3,(H,20,25)(H,21,23,27)/b9-8+. The van der Waals surface area contributed by atoms with Crippen molar-refractivity contribution in [1.29, 1.82) is 0 Å². The van der Waals surface area contributed by atoms with Gasteiger partial charge < -0.3 is 15.0 Å². The molecule has 2 N–H and O–H groups in total. The Morgan fingerprint density at radius 3 is 2.74 bits per heavy atom. The summed E-state index contributed by atoms with van der Waals surface area (Å²) in [7, 11) is 0. The van der Waals surface area contributed by atoms with E-state index in [-0.39, 0.29) is 24.0 Å². The first-order valence-electron chi connectivity index (χ1n) is 8.70. The molecule has 1 heterocycles. The van der Waals surface area contributed by atoms with Crippen LogP contribution in [0.4, 0.5) is 0 Å². The number of ether oxygens (including phenoxy) is 1. The minimum atomic E-state index is -0.799. The maximum Gasteiger partial charge on any atom is 0.308 e. The Bertz CT molecular complexity index is 746. The van der Waals surface area contributed by atoms with E-state index < -0.39 is 17.9 Å². The lowest BCUT2D eigenvalue weighted by atomic mass is 10.1. The topological polar surface area (TPSA) is 87.7 Å². The highest BCUT2D eigenvalue weighted by molar-refractivity contribution is 7.80. The van der Waals surface area contributed by atoms with Crippen molar-refractivity contribution in [2.45, 2.75) is 26.3 Å². The number of nitrogens with one attached hydrogen (secondary N) is 2. The number of piperazine rings is 1. The second-order valence-electron chi connectivity index (χ2n) is 6.05. The van der Waals surface area contributed by atoms with Crippen LogP contribution in [0, 0.1) is 6.92 Å². The molecule has 0 aromatic heterocycles. The Balaban J connectivity index is 1.98. The molecule has 1 saturated heterocycles. The predicted molar refractivity (Wildman–Crippen MR) is 106 cm³/mol. The Morgan fingerprint density at radius 2 is 2.07 bits per heavy atom. The molecule has 2 amide bonds. The van der Waals surface area contributed by atoms with Crippen molar-refractivity contribution >= 4 is 41.2 Å². The number of hydrogen-bond donors (Lipinski definition) is 2. The van der Waals surface area contributed by atoms with Gasteiger partial charge in [0, 0.05) is 19.2 Å². The molecule has 0 aliphatic carbocycles. The van der Waals surface area contributed by atoms with E-state index in [0.717, 1.165) is 11.1 Å². The first-order valence-corrected chi connectivity index (χ1v) is 9.11. The Labute approximate surface area is 163 Å². The molecule has 27 heavy (non-hydrogen) atoms. The summed E-state index contributed by atoms with van der Waals surface area (Å²) in [5, 5.41) is 5.39. The first kappa shape index (κ1) is 20.6. The summed E-state index contributed by atoms with van der Waals surface area (Å²) in [6, 6.07) is 6.92. The van der Waals surface area contributed by atoms with E-state index in [1.807, 2.05) is 31.2 Å². The van der Waals surface area contributed by atoms with Crippen LogP contribution >= 0.6 is 12.2 Å². The minimum absolute atomic E-state index is 0.109. The van der Waals surface area contributed by atoms with E-state index in [0.29, 0.717) is 13.1 Å². The summed E-state index contributed by atoms with van der Waals surface area (Å²) in [4.78, 5) is 37.6. The average Bonchev–Trinajstić information content (AvgIpc) is 2.63. The van der Waals surface area contributed by atoms with Gasteiger partial charge in [-0.1, -0.05) is 29.8 Å². The lowest BCUT2D eigenvalue weighted by Crippen LogP contribution is -2.60. The molecule has 1 atom stereocenters. The molecule has 1 aromatic carbocycles. The van der Waals surface area contributed by atoms with Crippen LogP contribution in [-0.2, 0) is 19.1 Å². The van der Waals surface area contributed by atoms with Crippen LogP contribution in [0.2, 0.25) is 0 Å². The summed E-state index contributed by atoms with van der Waals surface area (Å²) in [6.07, 6.45) is 2.92. The third-order valence-electron chi connectivity index (χ3n) is 3.99. The van der Waals surface area contributed by atoms with E-state index in [4.69, 9.17) is 17.0 Å². The molecule has 144 valence electrons. The molecule has 1 aliphatic rings. The zero-order chi connectivity index (χ0) is 19.8. The largest absolute Gasteiger partial charge is 0.466 e. The number of benzene rings is 1. The molecule has 1 aliphatic heterocycles. The number of aryl methyl sites for hydroxylation is 1. The molecular formula is C19H23N3O4S. The van der Waals surface area contributed by atoms with Gasteiger partial charge in [-0.25, -0.2) is 0 Å². The highest BCUT2D eigenvalue weighted by atomic mass is 32.1. The summed E-state index contributed by atoms with van der Waals surface area (Å²) in [5.74, 6) is -1.21. The lowest BCUT2D eigenvalue weighted by Gasteiger charge is -2.36. The monoisotopic (exact) mass is 389 g/mol. The fourth-order valence-electron chi connectivity index (χ4n) is 2.61. The number of rotatable bonds is 5. The molecule has 0 bridgehead atoms. The molecular weight excluding hydrogens is 366 g/mol. The number of nitrogens with zero attached hydrogens (tertiary/aromatic N) is 1. The van der Waals surface area contributed by atoms with Gasteiger partial charge in [-0.05, 0) is 37.7 Å². The van der Waals surface area contributed by atoms with Crippen molar-refractivity contribution < 1.29 is 19.1 Å². The van der Waals surface area contributed by atoms with Crippen LogP contribution in [0.25, 0.3) is 6.08 Å². The first-order chi connectivity index (χ1) is 12.9. The highest BCUT2D eigenvalue weighted by Crippen LogP contribution is 2.11. The highest BCUT2D eigenvalue weighted by Gasteiger charge is 2.33. The van der Waals surface area contributed by atoms with Crippen LogP contribution in [0.5, 0.6) is 0 Å². The second kappa shape index (κ2) is 9.82. The van der Waals surface area contributed by atoms with E-state index in [2.05, 4.69) is 10.6 Å². The van der Waals surface area contributed by atoms with Gasteiger partial charge in [-0.15, -0.1) is 0 Å². The van der Waals surface area contributed by atoms with Crippen molar-refractivity contribution in [3.05, 3.63) is 41.5 Å². The molecule has 0 spiro atoms. The Kier molecular flexibility index (Phi) is 7.48. The van der Waals surface area contributed by atoms with Crippen LogP contribution in [0.1, 0.15) is 24.5 Å². The number of thiocarbonyl (C=S) groups is 1. The van der Waals surface area contributed by atoms with Gasteiger partial charge in [-0.3, -0.25) is 19.7 Å². The SMILES string of the molecule is CCOC(=O)CC1C(=O)NCCN1C(=S)NC(=O)/C=C/c1ccc(C)cc1. The van der Waals surface area contributed by atoms with E-state index in [1.54, 1.807) is 17.9 Å². The number of hydrogen-bond acceptors (Lipinski definition) is 5. The normalized spacial score (nSPS) is 16.7. The fourth-order valence-corrected chi connectivity index (χ4v) is 2.93. The van der Waals surface area contributed by atoms with Gasteiger partial charge in [0.15, 0.2) is 5.11 Å². The molecule has 1 unspecified atom stereocenters. The maximum atomic E-state index is 12.1. The number of amides is 2. The molecule has 2 rings (SSSR count). The number of carbonyl (C=O) groups is 3. The quantitative estimate of drug-likeness (QED) is 0.446. The van der Waals surface area contributed by atoms with Gasteiger partial charge >= 0.3 is 5.97 Å². The Morgan fingerprint density at radius 1 is 1.37 bits per heavy atom. The van der Waals surface area contributed by atoms with Crippen LogP contribution in [-0.4, -0.2) is 53.5 Å². The predicted octanol–water partition coefficient (Wildman–Crippen LogP) is 1.16. The third kappa shape index (κ3) is 6.18. The van der Waals surface area contributed by atoms with E-state index in [1.165, 1.54) is 6.08 Å². The lowest BCUT2D eigenvalue weighted by molar-refractivity contribution is -0.147. The van der Waals surface area contributed by atoms with Crippen molar-refractivity contribution in [3.8, 4) is 0 Å². The smallest absolute Gasteiger partial charge is 0.308 e. The summed E-state index contributed by atoms with van der Waals surface area (Å²) in [6.45, 7) is 4.70. The van der Waals surface area contributed by atoms with Gasteiger partial charge in [0.25, 0.3) is 0 Å². The van der Waals surface area contributed by atoms with Crippen LogP contribution in [0.3, 0.4) is 0 Å². The Hall–Kier alpha value is -2.74. The van der Waals surface area contributed by atoms with Gasteiger partial charge in [0.1, 0.15) is 6.04 Å². The fraction of sp³-hybridized carbons (Fsp3) is 0.368. The zero-order valence-corrected chi connectivity index (χ0v) is 16.2. The molecule has 7 nitrogen and oxygen atoms in total. The number of carbonyl (C=O) groups excluding carboxylic acids is 3. The third-order valence-corrected chi connectivity index (χ3v) is 4.33. The molecule has 0 radical (unpaired) electrons. The average molecular weight is 389 g/mol.